The van der Waals surface area contributed by atoms with Crippen molar-refractivity contribution in [1.82, 2.24) is 9.97 Å². The number of benzene rings is 2. The van der Waals surface area contributed by atoms with Crippen molar-refractivity contribution in [1.29, 1.82) is 5.26 Å². The third-order valence-corrected chi connectivity index (χ3v) is 4.37. The van der Waals surface area contributed by atoms with Crippen molar-refractivity contribution in [2.45, 2.75) is 5.67 Å². The van der Waals surface area contributed by atoms with Crippen molar-refractivity contribution >= 4 is 0 Å². The van der Waals surface area contributed by atoms with Crippen LogP contribution < -0.4 is 0 Å². The van der Waals surface area contributed by atoms with Crippen LogP contribution in [0.15, 0.2) is 89.9 Å². The van der Waals surface area contributed by atoms with Gasteiger partial charge in [0.2, 0.25) is 5.67 Å². The van der Waals surface area contributed by atoms with Crippen LogP contribution in [0, 0.1) is 11.3 Å². The number of aromatic nitrogens is 2. The molecule has 1 atom stereocenters. The molecular weight excluding hydrogens is 341 g/mol. The SMILES string of the molecule is N#Cc1ccc(C(F)(c2cncnc2)c2ccc(-c3ccccc3)o2)cc1. The summed E-state index contributed by atoms with van der Waals surface area (Å²) >= 11 is 0. The lowest BCUT2D eigenvalue weighted by molar-refractivity contribution is 0.232. The number of hydrogen-bond donors (Lipinski definition) is 0. The maximum Gasteiger partial charge on any atom is 0.221 e. The van der Waals surface area contributed by atoms with Crippen LogP contribution in [0.5, 0.6) is 0 Å². The van der Waals surface area contributed by atoms with Crippen molar-refractivity contribution in [2.24, 2.45) is 0 Å². The molecule has 2 aromatic carbocycles. The number of hydrogen-bond acceptors (Lipinski definition) is 4. The molecule has 5 heteroatoms. The first-order valence-electron chi connectivity index (χ1n) is 8.32. The molecule has 0 radical (unpaired) electrons. The second kappa shape index (κ2) is 6.85. The molecule has 2 aromatic heterocycles. The average molecular weight is 355 g/mol. The predicted molar refractivity (Wildman–Crippen MR) is 98.3 cm³/mol. The van der Waals surface area contributed by atoms with Gasteiger partial charge in [0.15, 0.2) is 5.76 Å². The third-order valence-electron chi connectivity index (χ3n) is 4.37. The summed E-state index contributed by atoms with van der Waals surface area (Å²) in [4.78, 5) is 7.91. The molecule has 27 heavy (non-hydrogen) atoms. The Labute approximate surface area is 155 Å². The van der Waals surface area contributed by atoms with Gasteiger partial charge in [0, 0.05) is 29.1 Å². The van der Waals surface area contributed by atoms with Crippen LogP contribution in [0.4, 0.5) is 4.39 Å². The Morgan fingerprint density at radius 3 is 2.22 bits per heavy atom. The summed E-state index contributed by atoms with van der Waals surface area (Å²) in [5.74, 6) is 0.694. The zero-order valence-electron chi connectivity index (χ0n) is 14.2. The Balaban J connectivity index is 1.86. The molecule has 0 aliphatic rings. The molecule has 0 saturated carbocycles. The van der Waals surface area contributed by atoms with E-state index >= 15 is 4.39 Å². The van der Waals surface area contributed by atoms with Crippen LogP contribution in [-0.4, -0.2) is 9.97 Å². The molecule has 4 nitrogen and oxygen atoms in total. The Morgan fingerprint density at radius 2 is 1.56 bits per heavy atom. The molecule has 0 amide bonds. The minimum Gasteiger partial charge on any atom is -0.457 e. The summed E-state index contributed by atoms with van der Waals surface area (Å²) in [6, 6.07) is 21.2. The lowest BCUT2D eigenvalue weighted by Crippen LogP contribution is -2.23. The fraction of sp³-hybridized carbons (Fsp3) is 0.0455. The summed E-state index contributed by atoms with van der Waals surface area (Å²) in [5.41, 5.74) is -0.179. The van der Waals surface area contributed by atoms with E-state index in [9.17, 15) is 0 Å². The van der Waals surface area contributed by atoms with Gasteiger partial charge in [0.25, 0.3) is 0 Å². The van der Waals surface area contributed by atoms with Crippen molar-refractivity contribution in [3.05, 3.63) is 108 Å². The first-order valence-corrected chi connectivity index (χ1v) is 8.32. The maximum atomic E-state index is 16.5. The summed E-state index contributed by atoms with van der Waals surface area (Å²) in [5, 5.41) is 9.01. The van der Waals surface area contributed by atoms with Crippen LogP contribution in [0.25, 0.3) is 11.3 Å². The topological polar surface area (TPSA) is 62.7 Å². The number of furan rings is 1. The van der Waals surface area contributed by atoms with E-state index in [-0.39, 0.29) is 11.3 Å². The second-order valence-corrected chi connectivity index (χ2v) is 6.00. The highest BCUT2D eigenvalue weighted by molar-refractivity contribution is 5.58. The molecule has 0 aliphatic heterocycles. The largest absolute Gasteiger partial charge is 0.457 e. The molecule has 0 spiro atoms. The van der Waals surface area contributed by atoms with E-state index in [0.29, 0.717) is 16.9 Å². The molecule has 0 bridgehead atoms. The van der Waals surface area contributed by atoms with E-state index in [1.165, 1.54) is 18.7 Å². The molecule has 0 aliphatic carbocycles. The fourth-order valence-corrected chi connectivity index (χ4v) is 2.98. The minimum absolute atomic E-state index is 0.126. The molecule has 0 N–H and O–H groups in total. The number of alkyl halides is 1. The monoisotopic (exact) mass is 355 g/mol. The number of nitrogens with zero attached hydrogens (tertiary/aromatic N) is 3. The van der Waals surface area contributed by atoms with Crippen molar-refractivity contribution in [2.75, 3.05) is 0 Å². The van der Waals surface area contributed by atoms with Crippen LogP contribution in [0.3, 0.4) is 0 Å². The summed E-state index contributed by atoms with van der Waals surface area (Å²) in [6.07, 6.45) is 4.20. The highest BCUT2D eigenvalue weighted by Gasteiger charge is 2.40. The van der Waals surface area contributed by atoms with Gasteiger partial charge in [-0.25, -0.2) is 14.4 Å². The summed E-state index contributed by atoms with van der Waals surface area (Å²) in [6.45, 7) is 0. The van der Waals surface area contributed by atoms with E-state index < -0.39 is 5.67 Å². The van der Waals surface area contributed by atoms with Crippen molar-refractivity contribution in [3.63, 3.8) is 0 Å². The number of nitriles is 1. The van der Waals surface area contributed by atoms with E-state index in [4.69, 9.17) is 9.68 Å². The van der Waals surface area contributed by atoms with Gasteiger partial charge >= 0.3 is 0 Å². The zero-order valence-corrected chi connectivity index (χ0v) is 14.2. The molecule has 130 valence electrons. The molecule has 1 unspecified atom stereocenters. The van der Waals surface area contributed by atoms with Crippen LogP contribution >= 0.6 is 0 Å². The first-order chi connectivity index (χ1) is 13.2. The molecule has 4 rings (SSSR count). The highest BCUT2D eigenvalue weighted by Crippen LogP contribution is 2.42. The van der Waals surface area contributed by atoms with Gasteiger partial charge in [-0.1, -0.05) is 42.5 Å². The number of halogens is 1. The van der Waals surface area contributed by atoms with E-state index in [1.807, 2.05) is 36.4 Å². The lowest BCUT2D eigenvalue weighted by atomic mass is 9.87. The quantitative estimate of drug-likeness (QED) is 0.524. The predicted octanol–water partition coefficient (Wildman–Crippen LogP) is 4.87. The number of rotatable bonds is 4. The normalized spacial score (nSPS) is 12.9. The smallest absolute Gasteiger partial charge is 0.221 e. The maximum absolute atomic E-state index is 16.5. The van der Waals surface area contributed by atoms with Gasteiger partial charge in [-0.2, -0.15) is 5.26 Å². The Bertz CT molecular complexity index is 1090. The Kier molecular flexibility index (Phi) is 4.23. The fourth-order valence-electron chi connectivity index (χ4n) is 2.98. The van der Waals surface area contributed by atoms with Gasteiger partial charge in [0.1, 0.15) is 12.1 Å². The summed E-state index contributed by atoms with van der Waals surface area (Å²) in [7, 11) is 0. The first kappa shape index (κ1) is 16.7. The zero-order chi connectivity index (χ0) is 18.7. The van der Waals surface area contributed by atoms with Gasteiger partial charge in [-0.3, -0.25) is 0 Å². The van der Waals surface area contributed by atoms with E-state index in [0.717, 1.165) is 5.56 Å². The van der Waals surface area contributed by atoms with E-state index in [2.05, 4.69) is 9.97 Å². The minimum atomic E-state index is -2.08. The standard InChI is InChI=1S/C22H14FN3O/c23-22(19-13-25-15-26-14-19,18-8-6-16(12-24)7-9-18)21-11-10-20(27-21)17-4-2-1-3-5-17/h1-11,13-15H. The average Bonchev–Trinajstić information content (AvgIpc) is 3.25. The molecule has 4 aromatic rings. The van der Waals surface area contributed by atoms with Gasteiger partial charge in [-0.05, 0) is 24.3 Å². The van der Waals surface area contributed by atoms with Crippen LogP contribution in [0.1, 0.15) is 22.5 Å². The van der Waals surface area contributed by atoms with Gasteiger partial charge in [0.05, 0.1) is 11.6 Å². The van der Waals surface area contributed by atoms with Crippen molar-refractivity contribution in [3.8, 4) is 17.4 Å². The second-order valence-electron chi connectivity index (χ2n) is 6.00. The van der Waals surface area contributed by atoms with Crippen LogP contribution in [-0.2, 0) is 5.67 Å². The molecule has 0 fully saturated rings. The molecular formula is C22H14FN3O. The third kappa shape index (κ3) is 2.98. The molecule has 2 heterocycles. The summed E-state index contributed by atoms with van der Waals surface area (Å²) < 4.78 is 22.4. The van der Waals surface area contributed by atoms with Gasteiger partial charge < -0.3 is 4.42 Å². The van der Waals surface area contributed by atoms with Crippen LogP contribution in [0.2, 0.25) is 0 Å². The Morgan fingerprint density at radius 1 is 0.852 bits per heavy atom. The highest BCUT2D eigenvalue weighted by atomic mass is 19.1. The van der Waals surface area contributed by atoms with Crippen molar-refractivity contribution < 1.29 is 8.81 Å². The lowest BCUT2D eigenvalue weighted by Gasteiger charge is -2.23. The Hall–Kier alpha value is -3.78. The molecule has 0 saturated heterocycles. The van der Waals surface area contributed by atoms with Gasteiger partial charge in [-0.15, -0.1) is 0 Å². The van der Waals surface area contributed by atoms with E-state index in [1.54, 1.807) is 36.4 Å².